The molecule has 1 saturated carbocycles. The Labute approximate surface area is 210 Å². The lowest BCUT2D eigenvalue weighted by molar-refractivity contribution is -0.141. The monoisotopic (exact) mass is 517 g/mol. The molecule has 1 saturated heterocycles. The highest BCUT2D eigenvalue weighted by atomic mass is 19.4. The zero-order valence-electron chi connectivity index (χ0n) is 20.7. The molecule has 1 aromatic carbocycles. The number of likely N-dealkylation sites (tertiary alicyclic amines) is 1. The van der Waals surface area contributed by atoms with Crippen molar-refractivity contribution in [2.45, 2.75) is 51.1 Å². The molecule has 9 nitrogen and oxygen atoms in total. The molecule has 3 unspecified atom stereocenters. The minimum atomic E-state index is -4.66. The van der Waals surface area contributed by atoms with E-state index < -0.39 is 23.4 Å². The molecule has 1 aliphatic carbocycles. The van der Waals surface area contributed by atoms with E-state index in [9.17, 15) is 22.8 Å². The molecule has 37 heavy (non-hydrogen) atoms. The van der Waals surface area contributed by atoms with Gasteiger partial charge in [-0.25, -0.2) is 9.78 Å². The lowest BCUT2D eigenvalue weighted by Crippen LogP contribution is -2.68. The summed E-state index contributed by atoms with van der Waals surface area (Å²) in [5.41, 5.74) is -1.14. The van der Waals surface area contributed by atoms with Gasteiger partial charge in [0, 0.05) is 36.2 Å². The Morgan fingerprint density at radius 1 is 1.14 bits per heavy atom. The number of nitrogens with one attached hydrogen (secondary N) is 1. The number of methoxy groups -OCH3 is 1. The second-order valence-corrected chi connectivity index (χ2v) is 10.2. The van der Waals surface area contributed by atoms with Gasteiger partial charge in [-0.1, -0.05) is 6.07 Å². The molecule has 1 aliphatic heterocycles. The average Bonchev–Trinajstić information content (AvgIpc) is 3.20. The van der Waals surface area contributed by atoms with Crippen molar-refractivity contribution in [2.75, 3.05) is 19.0 Å². The van der Waals surface area contributed by atoms with E-state index in [1.54, 1.807) is 17.0 Å². The quantitative estimate of drug-likeness (QED) is 0.529. The molecular formula is C25H26F3N5O4. The predicted molar refractivity (Wildman–Crippen MR) is 127 cm³/mol. The van der Waals surface area contributed by atoms with Crippen LogP contribution in [0.15, 0.2) is 36.5 Å². The van der Waals surface area contributed by atoms with E-state index >= 15 is 0 Å². The lowest BCUT2D eigenvalue weighted by Gasteiger charge is -2.59. The second-order valence-electron chi connectivity index (χ2n) is 10.2. The first-order chi connectivity index (χ1) is 17.3. The Bertz CT molecular complexity index is 1380. The molecule has 3 heterocycles. The van der Waals surface area contributed by atoms with Gasteiger partial charge in [0.15, 0.2) is 0 Å². The van der Waals surface area contributed by atoms with Crippen LogP contribution in [0.5, 0.6) is 5.75 Å². The first kappa shape index (κ1) is 24.8. The van der Waals surface area contributed by atoms with Crippen molar-refractivity contribution in [2.24, 2.45) is 5.92 Å². The number of fused-ring (bicyclic) bond motifs is 2. The normalized spacial score (nSPS) is 21.1. The van der Waals surface area contributed by atoms with Gasteiger partial charge in [-0.3, -0.25) is 9.48 Å². The van der Waals surface area contributed by atoms with Crippen molar-refractivity contribution in [1.29, 1.82) is 0 Å². The molecule has 0 bridgehead atoms. The van der Waals surface area contributed by atoms with Gasteiger partial charge in [0.05, 0.1) is 24.4 Å². The number of benzene rings is 1. The summed E-state index contributed by atoms with van der Waals surface area (Å²) in [4.78, 5) is 30.2. The fourth-order valence-electron chi connectivity index (χ4n) is 4.73. The summed E-state index contributed by atoms with van der Waals surface area (Å²) in [6, 6.07) is 6.70. The number of piperidine rings is 1. The highest BCUT2D eigenvalue weighted by Gasteiger charge is 2.56. The van der Waals surface area contributed by atoms with Gasteiger partial charge in [0.25, 0.3) is 5.91 Å². The number of alkyl halides is 3. The summed E-state index contributed by atoms with van der Waals surface area (Å²) in [6.07, 6.45) is -2.37. The van der Waals surface area contributed by atoms with Crippen molar-refractivity contribution in [3.63, 3.8) is 0 Å². The van der Waals surface area contributed by atoms with Gasteiger partial charge in [0.2, 0.25) is 0 Å². The summed E-state index contributed by atoms with van der Waals surface area (Å²) in [5.74, 6) is -0.214. The maximum absolute atomic E-state index is 13.0. The van der Waals surface area contributed by atoms with Crippen molar-refractivity contribution in [3.05, 3.63) is 47.9 Å². The molecule has 2 aliphatic rings. The van der Waals surface area contributed by atoms with Crippen LogP contribution in [0, 0.1) is 5.92 Å². The minimum Gasteiger partial charge on any atom is -0.494 e. The molecular weight excluding hydrogens is 491 g/mol. The Morgan fingerprint density at radius 3 is 2.51 bits per heavy atom. The first-order valence-electron chi connectivity index (χ1n) is 11.8. The largest absolute Gasteiger partial charge is 0.494 e. The van der Waals surface area contributed by atoms with E-state index in [4.69, 9.17) is 9.47 Å². The number of pyridine rings is 1. The van der Waals surface area contributed by atoms with E-state index in [1.165, 1.54) is 13.2 Å². The predicted octanol–water partition coefficient (Wildman–Crippen LogP) is 4.89. The van der Waals surface area contributed by atoms with Gasteiger partial charge in [-0.15, -0.1) is 0 Å². The number of rotatable bonds is 4. The number of carbonyl (C=O) groups is 2. The Hall–Kier alpha value is -3.83. The summed E-state index contributed by atoms with van der Waals surface area (Å²) >= 11 is 0. The highest BCUT2D eigenvalue weighted by molar-refractivity contribution is 6.05. The molecule has 2 fully saturated rings. The molecule has 2 amide bonds. The Morgan fingerprint density at radius 2 is 1.89 bits per heavy atom. The number of ether oxygens (including phenoxy) is 2. The number of anilines is 1. The number of hydrogen-bond donors (Lipinski definition) is 1. The molecule has 0 spiro atoms. The van der Waals surface area contributed by atoms with Crippen molar-refractivity contribution >= 4 is 28.6 Å². The third-order valence-corrected chi connectivity index (χ3v) is 6.61. The maximum atomic E-state index is 13.0. The van der Waals surface area contributed by atoms with E-state index in [1.807, 2.05) is 31.6 Å². The van der Waals surface area contributed by atoms with E-state index in [2.05, 4.69) is 15.4 Å². The molecule has 3 atom stereocenters. The van der Waals surface area contributed by atoms with Gasteiger partial charge in [0.1, 0.15) is 22.7 Å². The van der Waals surface area contributed by atoms with E-state index in [-0.39, 0.29) is 35.5 Å². The molecule has 5 rings (SSSR count). The van der Waals surface area contributed by atoms with Crippen LogP contribution in [0.1, 0.15) is 49.4 Å². The number of halogens is 3. The average molecular weight is 518 g/mol. The topological polar surface area (TPSA) is 98.6 Å². The molecule has 12 heteroatoms. The fraction of sp³-hybridized carbons (Fsp3) is 0.440. The van der Waals surface area contributed by atoms with Crippen LogP contribution in [0.3, 0.4) is 0 Å². The number of carbonyl (C=O) groups excluding carboxylic acids is 2. The minimum absolute atomic E-state index is 0.120. The zero-order valence-corrected chi connectivity index (χ0v) is 20.7. The summed E-state index contributed by atoms with van der Waals surface area (Å²) in [7, 11) is 1.42. The summed E-state index contributed by atoms with van der Waals surface area (Å²) in [5, 5.41) is 7.97. The summed E-state index contributed by atoms with van der Waals surface area (Å²) < 4.78 is 51.7. The van der Waals surface area contributed by atoms with Crippen molar-refractivity contribution in [1.82, 2.24) is 19.7 Å². The van der Waals surface area contributed by atoms with E-state index in [0.717, 1.165) is 23.9 Å². The van der Waals surface area contributed by atoms with Crippen LogP contribution >= 0.6 is 0 Å². The number of amides is 2. The Kier molecular flexibility index (Phi) is 5.80. The SMILES string of the molecule is COc1cc2nn(C3CC4C3CN4C(=O)OC(C)(C)C)cc2cc1NC(=O)c1cccc(C(F)(F)F)n1. The van der Waals surface area contributed by atoms with Crippen molar-refractivity contribution in [3.8, 4) is 5.75 Å². The van der Waals surface area contributed by atoms with Gasteiger partial charge >= 0.3 is 12.3 Å². The number of hydrogen-bond acceptors (Lipinski definition) is 6. The third kappa shape index (κ3) is 4.67. The second kappa shape index (κ2) is 8.63. The van der Waals surface area contributed by atoms with Gasteiger partial charge < -0.3 is 19.7 Å². The van der Waals surface area contributed by atoms with E-state index in [0.29, 0.717) is 17.8 Å². The molecule has 3 aromatic rings. The summed E-state index contributed by atoms with van der Waals surface area (Å²) in [6.45, 7) is 6.10. The standard InChI is InChI=1S/C25H26F3N5O4/c1-24(2,3)37-23(35)32-12-14-18(32)10-19(14)33-11-13-8-17(20(36-4)9-16(13)31-33)30-22(34)15-6-5-7-21(29-15)25(26,27)28/h5-9,11,14,18-19H,10,12H2,1-4H3,(H,30,34). The molecule has 0 radical (unpaired) electrons. The fourth-order valence-corrected chi connectivity index (χ4v) is 4.73. The highest BCUT2D eigenvalue weighted by Crippen LogP contribution is 2.50. The number of nitrogens with zero attached hydrogens (tertiary/aromatic N) is 4. The van der Waals surface area contributed by atoms with Crippen LogP contribution in [0.2, 0.25) is 0 Å². The maximum Gasteiger partial charge on any atom is 0.433 e. The van der Waals surface area contributed by atoms with Gasteiger partial charge in [-0.2, -0.15) is 18.3 Å². The van der Waals surface area contributed by atoms with Gasteiger partial charge in [-0.05, 0) is 45.4 Å². The van der Waals surface area contributed by atoms with Crippen LogP contribution in [0.25, 0.3) is 10.9 Å². The molecule has 1 N–H and O–H groups in total. The Balaban J connectivity index is 1.31. The van der Waals surface area contributed by atoms with Crippen LogP contribution in [-0.4, -0.2) is 57.0 Å². The zero-order chi connectivity index (χ0) is 26.7. The van der Waals surface area contributed by atoms with Crippen LogP contribution in [-0.2, 0) is 10.9 Å². The third-order valence-electron chi connectivity index (χ3n) is 6.61. The smallest absolute Gasteiger partial charge is 0.433 e. The molecule has 2 aromatic heterocycles. The van der Waals surface area contributed by atoms with Crippen molar-refractivity contribution < 1.29 is 32.2 Å². The van der Waals surface area contributed by atoms with Crippen LogP contribution < -0.4 is 10.1 Å². The lowest BCUT2D eigenvalue weighted by atomic mass is 9.67. The molecule has 196 valence electrons. The first-order valence-corrected chi connectivity index (χ1v) is 11.8. The number of aromatic nitrogens is 3. The van der Waals surface area contributed by atoms with Crippen LogP contribution in [0.4, 0.5) is 23.7 Å².